The number of nitrogens with one attached hydrogen (secondary N) is 1. The third kappa shape index (κ3) is 5.28. The van der Waals surface area contributed by atoms with Crippen LogP contribution in [-0.2, 0) is 11.2 Å². The maximum absolute atomic E-state index is 13.1. The number of para-hydroxylation sites is 2. The minimum absolute atomic E-state index is 0.347. The highest BCUT2D eigenvalue weighted by molar-refractivity contribution is 5.88. The predicted molar refractivity (Wildman–Crippen MR) is 133 cm³/mol. The molecular formula is C27H31N5O2. The first-order chi connectivity index (χ1) is 16.5. The highest BCUT2D eigenvalue weighted by Gasteiger charge is 2.31. The largest absolute Gasteiger partial charge is 0.497 e. The van der Waals surface area contributed by atoms with Crippen molar-refractivity contribution in [1.29, 1.82) is 5.26 Å². The molecule has 0 saturated carbocycles. The van der Waals surface area contributed by atoms with Gasteiger partial charge in [-0.2, -0.15) is 5.26 Å². The van der Waals surface area contributed by atoms with E-state index in [1.165, 1.54) is 0 Å². The fraction of sp³-hybridized carbons (Fsp3) is 0.407. The van der Waals surface area contributed by atoms with Gasteiger partial charge in [0.15, 0.2) is 11.7 Å². The van der Waals surface area contributed by atoms with Gasteiger partial charge in [-0.3, -0.25) is 4.79 Å². The third-order valence-corrected chi connectivity index (χ3v) is 6.28. The average Bonchev–Trinajstić information content (AvgIpc) is 2.84. The maximum atomic E-state index is 13.1. The lowest BCUT2D eigenvalue weighted by Crippen LogP contribution is -2.40. The van der Waals surface area contributed by atoms with Gasteiger partial charge < -0.3 is 15.0 Å². The number of piperidine rings is 1. The number of fused-ring (bicyclic) bond motifs is 1. The van der Waals surface area contributed by atoms with E-state index in [-0.39, 0.29) is 5.91 Å². The van der Waals surface area contributed by atoms with Crippen LogP contribution in [0.25, 0.3) is 11.0 Å². The zero-order valence-electron chi connectivity index (χ0n) is 20.0. The molecule has 0 aliphatic carbocycles. The minimum atomic E-state index is -1.03. The Kier molecular flexibility index (Phi) is 7.27. The molecule has 1 amide bonds. The number of hydrogen-bond acceptors (Lipinski definition) is 6. The number of amides is 1. The summed E-state index contributed by atoms with van der Waals surface area (Å²) in [6.45, 7) is 6.55. The molecule has 0 spiro atoms. The topological polar surface area (TPSA) is 91.1 Å². The Morgan fingerprint density at radius 1 is 1.12 bits per heavy atom. The smallest absolute Gasteiger partial charge is 0.243 e. The number of nitrogens with zero attached hydrogens (tertiary/aromatic N) is 4. The van der Waals surface area contributed by atoms with Crippen molar-refractivity contribution in [2.75, 3.05) is 31.6 Å². The van der Waals surface area contributed by atoms with Gasteiger partial charge >= 0.3 is 0 Å². The van der Waals surface area contributed by atoms with E-state index in [0.29, 0.717) is 41.8 Å². The van der Waals surface area contributed by atoms with Crippen LogP contribution in [0.5, 0.6) is 5.75 Å². The molecule has 1 aliphatic rings. The number of nitriles is 1. The number of carbonyl (C=O) groups is 1. The zero-order chi connectivity index (χ0) is 24.1. The average molecular weight is 458 g/mol. The molecule has 2 aromatic carbocycles. The molecule has 7 nitrogen and oxygen atoms in total. The van der Waals surface area contributed by atoms with E-state index in [0.717, 1.165) is 36.3 Å². The second kappa shape index (κ2) is 10.5. The van der Waals surface area contributed by atoms with Gasteiger partial charge in [-0.25, -0.2) is 9.97 Å². The number of ether oxygens (including phenoxy) is 1. The van der Waals surface area contributed by atoms with Crippen molar-refractivity contribution in [2.45, 2.75) is 32.6 Å². The zero-order valence-corrected chi connectivity index (χ0v) is 20.0. The van der Waals surface area contributed by atoms with Crippen LogP contribution in [0.2, 0.25) is 0 Å². The van der Waals surface area contributed by atoms with Crippen molar-refractivity contribution in [2.24, 2.45) is 11.8 Å². The van der Waals surface area contributed by atoms with Crippen molar-refractivity contribution >= 4 is 22.8 Å². The number of rotatable bonds is 7. The van der Waals surface area contributed by atoms with Gasteiger partial charge in [-0.1, -0.05) is 38.1 Å². The van der Waals surface area contributed by atoms with Gasteiger partial charge in [0, 0.05) is 19.6 Å². The molecule has 1 saturated heterocycles. The Bertz CT molecular complexity index is 1180. The Hall–Kier alpha value is -3.66. The number of aromatic nitrogens is 2. The van der Waals surface area contributed by atoms with Crippen LogP contribution >= 0.6 is 0 Å². The van der Waals surface area contributed by atoms with E-state index in [1.807, 2.05) is 48.5 Å². The standard InChI is InChI=1S/C27H31N5O2/c1-18-14-19(2)17-32(16-18)26-25(30-23-6-4-5-7-24(23)31-26)22(15-28)27(33)29-13-12-20-8-10-21(34-3)11-9-20/h4-11,18-19,22H,12-14,16-17H2,1-3H3,(H,29,33)/t18-,19-,22+/m0/s1. The lowest BCUT2D eigenvalue weighted by Gasteiger charge is -2.36. The number of hydrogen-bond donors (Lipinski definition) is 1. The van der Waals surface area contributed by atoms with Crippen LogP contribution in [0.4, 0.5) is 5.82 Å². The molecule has 34 heavy (non-hydrogen) atoms. The van der Waals surface area contributed by atoms with Crippen molar-refractivity contribution in [3.8, 4) is 11.8 Å². The quantitative estimate of drug-likeness (QED) is 0.575. The molecule has 1 N–H and O–H groups in total. The fourth-order valence-electron chi connectivity index (χ4n) is 4.73. The first-order valence-corrected chi connectivity index (χ1v) is 11.8. The lowest BCUT2D eigenvalue weighted by molar-refractivity contribution is -0.121. The number of carbonyl (C=O) groups excluding carboxylic acids is 1. The summed E-state index contributed by atoms with van der Waals surface area (Å²) < 4.78 is 5.19. The number of benzene rings is 2. The van der Waals surface area contributed by atoms with E-state index >= 15 is 0 Å². The predicted octanol–water partition coefficient (Wildman–Crippen LogP) is 4.09. The summed E-state index contributed by atoms with van der Waals surface area (Å²) in [5, 5.41) is 12.9. The van der Waals surface area contributed by atoms with Gasteiger partial charge in [0.2, 0.25) is 5.91 Å². The van der Waals surface area contributed by atoms with Crippen molar-refractivity contribution in [3.05, 3.63) is 59.8 Å². The summed E-state index contributed by atoms with van der Waals surface area (Å²) >= 11 is 0. The first kappa shape index (κ1) is 23.5. The number of methoxy groups -OCH3 is 1. The molecule has 0 bridgehead atoms. The molecule has 0 radical (unpaired) electrons. The summed E-state index contributed by atoms with van der Waals surface area (Å²) in [4.78, 5) is 25.0. The summed E-state index contributed by atoms with van der Waals surface area (Å²) in [6, 6.07) is 17.5. The SMILES string of the molecule is COc1ccc(CCNC(=O)[C@H](C#N)c2nc3ccccc3nc2N2C[C@@H](C)C[C@H](C)C2)cc1. The Balaban J connectivity index is 1.57. The molecule has 1 fully saturated rings. The first-order valence-electron chi connectivity index (χ1n) is 11.8. The molecule has 3 atom stereocenters. The summed E-state index contributed by atoms with van der Waals surface area (Å²) in [5.74, 6) is 1.07. The third-order valence-electron chi connectivity index (χ3n) is 6.28. The van der Waals surface area contributed by atoms with E-state index < -0.39 is 5.92 Å². The van der Waals surface area contributed by atoms with Crippen LogP contribution in [-0.4, -0.2) is 42.6 Å². The highest BCUT2D eigenvalue weighted by Crippen LogP contribution is 2.31. The molecule has 1 aromatic heterocycles. The highest BCUT2D eigenvalue weighted by atomic mass is 16.5. The molecule has 1 aliphatic heterocycles. The monoisotopic (exact) mass is 457 g/mol. The van der Waals surface area contributed by atoms with E-state index in [9.17, 15) is 10.1 Å². The Labute approximate surface area is 200 Å². The van der Waals surface area contributed by atoms with Crippen LogP contribution in [0, 0.1) is 23.2 Å². The van der Waals surface area contributed by atoms with Gasteiger partial charge in [-0.15, -0.1) is 0 Å². The Morgan fingerprint density at radius 3 is 2.38 bits per heavy atom. The van der Waals surface area contributed by atoms with Gasteiger partial charge in [-0.05, 0) is 54.5 Å². The molecule has 176 valence electrons. The minimum Gasteiger partial charge on any atom is -0.497 e. The van der Waals surface area contributed by atoms with Gasteiger partial charge in [0.1, 0.15) is 11.4 Å². The number of anilines is 1. The molecular weight excluding hydrogens is 426 g/mol. The fourth-order valence-corrected chi connectivity index (χ4v) is 4.73. The summed E-state index contributed by atoms with van der Waals surface area (Å²) in [7, 11) is 1.63. The van der Waals surface area contributed by atoms with Crippen LogP contribution in [0.15, 0.2) is 48.5 Å². The van der Waals surface area contributed by atoms with Crippen LogP contribution in [0.1, 0.15) is 37.4 Å². The molecule has 4 rings (SSSR count). The van der Waals surface area contributed by atoms with Crippen molar-refractivity contribution in [3.63, 3.8) is 0 Å². The van der Waals surface area contributed by atoms with E-state index in [2.05, 4.69) is 30.1 Å². The maximum Gasteiger partial charge on any atom is 0.243 e. The van der Waals surface area contributed by atoms with E-state index in [1.54, 1.807) is 7.11 Å². The van der Waals surface area contributed by atoms with Gasteiger partial charge in [0.05, 0.1) is 24.2 Å². The second-order valence-corrected chi connectivity index (χ2v) is 9.22. The van der Waals surface area contributed by atoms with Crippen LogP contribution < -0.4 is 15.0 Å². The van der Waals surface area contributed by atoms with Crippen molar-refractivity contribution in [1.82, 2.24) is 15.3 Å². The summed E-state index contributed by atoms with van der Waals surface area (Å²) in [6.07, 6.45) is 1.81. The summed E-state index contributed by atoms with van der Waals surface area (Å²) in [5.41, 5.74) is 2.97. The normalized spacial score (nSPS) is 18.8. The van der Waals surface area contributed by atoms with Crippen LogP contribution in [0.3, 0.4) is 0 Å². The van der Waals surface area contributed by atoms with Crippen molar-refractivity contribution < 1.29 is 9.53 Å². The Morgan fingerprint density at radius 2 is 1.76 bits per heavy atom. The lowest BCUT2D eigenvalue weighted by atomic mass is 9.91. The van der Waals surface area contributed by atoms with E-state index in [4.69, 9.17) is 14.7 Å². The van der Waals surface area contributed by atoms with Gasteiger partial charge in [0.25, 0.3) is 0 Å². The molecule has 7 heteroatoms. The second-order valence-electron chi connectivity index (χ2n) is 9.22. The molecule has 0 unspecified atom stereocenters. The molecule has 3 aromatic rings. The molecule has 2 heterocycles.